The minimum Gasteiger partial charge on any atom is -0.486 e. The van der Waals surface area contributed by atoms with Gasteiger partial charge in [-0.15, -0.1) is 0 Å². The summed E-state index contributed by atoms with van der Waals surface area (Å²) in [5.74, 6) is 1.09. The normalized spacial score (nSPS) is 12.6. The molecule has 1 aliphatic heterocycles. The van der Waals surface area contributed by atoms with Crippen LogP contribution in [0.2, 0.25) is 0 Å². The number of para-hydroxylation sites is 1. The van der Waals surface area contributed by atoms with Crippen molar-refractivity contribution in [3.8, 4) is 17.6 Å². The standard InChI is InChI=1S/C20H17N3O3/c21-8-3-9-23(15-6-7-18-19(13-15)26-11-10-25-18)20(24)17-12-14-4-1-2-5-16(14)22-17/h1-2,4-7,12-13,22H,3,9-11H2. The predicted octanol–water partition coefficient (Wildman–Crippen LogP) is 3.50. The van der Waals surface area contributed by atoms with E-state index in [4.69, 9.17) is 14.7 Å². The zero-order chi connectivity index (χ0) is 17.9. The number of carbonyl (C=O) groups is 1. The van der Waals surface area contributed by atoms with Gasteiger partial charge < -0.3 is 19.4 Å². The molecule has 4 rings (SSSR count). The number of aromatic nitrogens is 1. The van der Waals surface area contributed by atoms with Gasteiger partial charge in [0.25, 0.3) is 5.91 Å². The molecule has 1 amide bonds. The minimum absolute atomic E-state index is 0.187. The number of amides is 1. The fourth-order valence-electron chi connectivity index (χ4n) is 3.04. The maximum absolute atomic E-state index is 13.1. The summed E-state index contributed by atoms with van der Waals surface area (Å²) < 4.78 is 11.2. The highest BCUT2D eigenvalue weighted by Crippen LogP contribution is 2.34. The zero-order valence-electron chi connectivity index (χ0n) is 14.1. The van der Waals surface area contributed by atoms with E-state index in [1.165, 1.54) is 0 Å². The second-order valence-electron chi connectivity index (χ2n) is 5.96. The van der Waals surface area contributed by atoms with E-state index in [0.29, 0.717) is 42.6 Å². The number of benzene rings is 2. The molecule has 1 aromatic heterocycles. The van der Waals surface area contributed by atoms with Crippen LogP contribution >= 0.6 is 0 Å². The number of aromatic amines is 1. The Morgan fingerprint density at radius 2 is 1.92 bits per heavy atom. The van der Waals surface area contributed by atoms with Crippen molar-refractivity contribution in [2.24, 2.45) is 0 Å². The van der Waals surface area contributed by atoms with E-state index in [0.717, 1.165) is 10.9 Å². The van der Waals surface area contributed by atoms with E-state index >= 15 is 0 Å². The van der Waals surface area contributed by atoms with Crippen LogP contribution in [0.3, 0.4) is 0 Å². The summed E-state index contributed by atoms with van der Waals surface area (Å²) in [6.45, 7) is 1.29. The number of nitrogens with one attached hydrogen (secondary N) is 1. The van der Waals surface area contributed by atoms with Crippen LogP contribution in [0.4, 0.5) is 5.69 Å². The molecule has 6 heteroatoms. The van der Waals surface area contributed by atoms with Crippen LogP contribution in [0, 0.1) is 11.3 Å². The van der Waals surface area contributed by atoms with E-state index in [9.17, 15) is 4.79 Å². The molecule has 26 heavy (non-hydrogen) atoms. The van der Waals surface area contributed by atoms with Crippen molar-refractivity contribution in [3.63, 3.8) is 0 Å². The quantitative estimate of drug-likeness (QED) is 0.783. The summed E-state index contributed by atoms with van der Waals surface area (Å²) in [7, 11) is 0. The number of hydrogen-bond donors (Lipinski definition) is 1. The molecule has 0 spiro atoms. The van der Waals surface area contributed by atoms with E-state index in [1.54, 1.807) is 17.0 Å². The van der Waals surface area contributed by atoms with Crippen LogP contribution in [0.1, 0.15) is 16.9 Å². The molecule has 130 valence electrons. The number of fused-ring (bicyclic) bond motifs is 2. The summed E-state index contributed by atoms with van der Waals surface area (Å²) in [5.41, 5.74) is 2.06. The third kappa shape index (κ3) is 2.95. The first-order valence-electron chi connectivity index (χ1n) is 8.42. The molecule has 0 saturated carbocycles. The van der Waals surface area contributed by atoms with Gasteiger partial charge in [-0.2, -0.15) is 5.26 Å². The number of nitrogens with zero attached hydrogens (tertiary/aromatic N) is 2. The van der Waals surface area contributed by atoms with Crippen LogP contribution in [-0.2, 0) is 0 Å². The van der Waals surface area contributed by atoms with Crippen LogP contribution in [-0.4, -0.2) is 30.6 Å². The highest BCUT2D eigenvalue weighted by molar-refractivity contribution is 6.07. The van der Waals surface area contributed by atoms with E-state index in [1.807, 2.05) is 36.4 Å². The number of carbonyl (C=O) groups excluding carboxylic acids is 1. The molecule has 1 aliphatic rings. The van der Waals surface area contributed by atoms with Gasteiger partial charge in [0.05, 0.1) is 12.5 Å². The molecule has 0 saturated heterocycles. The molecule has 0 radical (unpaired) electrons. The summed E-state index contributed by atoms with van der Waals surface area (Å²) in [4.78, 5) is 17.8. The van der Waals surface area contributed by atoms with Crippen molar-refractivity contribution < 1.29 is 14.3 Å². The van der Waals surface area contributed by atoms with E-state index < -0.39 is 0 Å². The second-order valence-corrected chi connectivity index (χ2v) is 5.96. The molecule has 0 aliphatic carbocycles. The topological polar surface area (TPSA) is 78.4 Å². The molecule has 1 N–H and O–H groups in total. The average molecular weight is 347 g/mol. The first-order chi connectivity index (χ1) is 12.8. The predicted molar refractivity (Wildman–Crippen MR) is 97.6 cm³/mol. The van der Waals surface area contributed by atoms with Crippen molar-refractivity contribution in [3.05, 3.63) is 54.2 Å². The smallest absolute Gasteiger partial charge is 0.274 e. The first-order valence-corrected chi connectivity index (χ1v) is 8.42. The minimum atomic E-state index is -0.187. The number of hydrogen-bond acceptors (Lipinski definition) is 4. The van der Waals surface area contributed by atoms with Gasteiger partial charge in [-0.3, -0.25) is 4.79 Å². The summed E-state index contributed by atoms with van der Waals surface area (Å²) in [6.07, 6.45) is 0.237. The van der Waals surface area contributed by atoms with Crippen molar-refractivity contribution in [2.75, 3.05) is 24.7 Å². The van der Waals surface area contributed by atoms with Crippen LogP contribution in [0.15, 0.2) is 48.5 Å². The Morgan fingerprint density at radius 1 is 1.12 bits per heavy atom. The van der Waals surface area contributed by atoms with Crippen LogP contribution in [0.5, 0.6) is 11.5 Å². The van der Waals surface area contributed by atoms with Gasteiger partial charge in [0.2, 0.25) is 0 Å². The highest BCUT2D eigenvalue weighted by atomic mass is 16.6. The Balaban J connectivity index is 1.70. The number of H-pyrrole nitrogens is 1. The lowest BCUT2D eigenvalue weighted by Gasteiger charge is -2.24. The average Bonchev–Trinajstić information content (AvgIpc) is 3.12. The number of nitriles is 1. The molecule has 0 atom stereocenters. The first kappa shape index (κ1) is 16.0. The maximum atomic E-state index is 13.1. The Bertz CT molecular complexity index is 970. The number of rotatable bonds is 4. The Morgan fingerprint density at radius 3 is 2.73 bits per heavy atom. The molecular formula is C20H17N3O3. The molecule has 3 aromatic rings. The zero-order valence-corrected chi connectivity index (χ0v) is 14.1. The maximum Gasteiger partial charge on any atom is 0.274 e. The van der Waals surface area contributed by atoms with Gasteiger partial charge in [-0.05, 0) is 24.3 Å². The van der Waals surface area contributed by atoms with Gasteiger partial charge in [-0.1, -0.05) is 18.2 Å². The molecule has 0 bridgehead atoms. The Kier molecular flexibility index (Phi) is 4.20. The van der Waals surface area contributed by atoms with E-state index in [2.05, 4.69) is 11.1 Å². The van der Waals surface area contributed by atoms with Gasteiger partial charge >= 0.3 is 0 Å². The lowest BCUT2D eigenvalue weighted by atomic mass is 10.2. The molecular weight excluding hydrogens is 330 g/mol. The van der Waals surface area contributed by atoms with Crippen molar-refractivity contribution in [1.29, 1.82) is 5.26 Å². The molecule has 0 unspecified atom stereocenters. The fraction of sp³-hybridized carbons (Fsp3) is 0.200. The van der Waals surface area contributed by atoms with Crippen molar-refractivity contribution >= 4 is 22.5 Å². The second kappa shape index (κ2) is 6.81. The molecule has 2 heterocycles. The monoisotopic (exact) mass is 347 g/mol. The third-order valence-corrected chi connectivity index (χ3v) is 4.29. The SMILES string of the molecule is N#CCCN(C(=O)c1cc2ccccc2[nH]1)c1ccc2c(c1)OCCO2. The number of ether oxygens (including phenoxy) is 2. The highest BCUT2D eigenvalue weighted by Gasteiger charge is 2.22. The Hall–Kier alpha value is -3.46. The molecule has 2 aromatic carbocycles. The Labute approximate surface area is 150 Å². The summed E-state index contributed by atoms with van der Waals surface area (Å²) >= 11 is 0. The third-order valence-electron chi connectivity index (χ3n) is 4.29. The van der Waals surface area contributed by atoms with Gasteiger partial charge in [0.1, 0.15) is 18.9 Å². The van der Waals surface area contributed by atoms with Gasteiger partial charge in [-0.25, -0.2) is 0 Å². The summed E-state index contributed by atoms with van der Waals surface area (Å²) in [6, 6.07) is 17.0. The van der Waals surface area contributed by atoms with Crippen molar-refractivity contribution in [1.82, 2.24) is 4.98 Å². The lowest BCUT2D eigenvalue weighted by molar-refractivity contribution is 0.0983. The largest absolute Gasteiger partial charge is 0.486 e. The van der Waals surface area contributed by atoms with Crippen molar-refractivity contribution in [2.45, 2.75) is 6.42 Å². The van der Waals surface area contributed by atoms with Gasteiger partial charge in [0.15, 0.2) is 11.5 Å². The van der Waals surface area contributed by atoms with Crippen LogP contribution < -0.4 is 14.4 Å². The molecule has 0 fully saturated rings. The van der Waals surface area contributed by atoms with Crippen LogP contribution in [0.25, 0.3) is 10.9 Å². The molecule has 6 nitrogen and oxygen atoms in total. The fourth-order valence-corrected chi connectivity index (χ4v) is 3.04. The lowest BCUT2D eigenvalue weighted by Crippen LogP contribution is -2.32. The number of anilines is 1. The summed E-state index contributed by atoms with van der Waals surface area (Å²) in [5, 5.41) is 9.95. The van der Waals surface area contributed by atoms with E-state index in [-0.39, 0.29) is 12.3 Å². The van der Waals surface area contributed by atoms with Gasteiger partial charge in [0, 0.05) is 29.2 Å².